The molecule has 0 aromatic rings. The molecule has 1 aliphatic rings. The van der Waals surface area contributed by atoms with Gasteiger partial charge < -0.3 is 0 Å². The van der Waals surface area contributed by atoms with Crippen LogP contribution in [-0.4, -0.2) is 21.2 Å². The van der Waals surface area contributed by atoms with Gasteiger partial charge in [0.1, 0.15) is 0 Å². The molecule has 1 saturated carbocycles. The molecule has 0 saturated heterocycles. The minimum atomic E-state index is -2.95. The van der Waals surface area contributed by atoms with Crippen molar-refractivity contribution >= 4 is 10.0 Å². The summed E-state index contributed by atoms with van der Waals surface area (Å²) < 4.78 is 23.6. The fraction of sp³-hybridized carbons (Fsp3) is 1.00. The Labute approximate surface area is 68.2 Å². The van der Waals surface area contributed by atoms with E-state index in [-0.39, 0.29) is 0 Å². The third-order valence-corrected chi connectivity index (χ3v) is 2.58. The van der Waals surface area contributed by atoms with E-state index in [0.29, 0.717) is 6.54 Å². The van der Waals surface area contributed by atoms with E-state index < -0.39 is 10.0 Å². The van der Waals surface area contributed by atoms with Crippen LogP contribution in [0.1, 0.15) is 25.7 Å². The topological polar surface area (TPSA) is 46.2 Å². The van der Waals surface area contributed by atoms with Crippen molar-refractivity contribution in [3.63, 3.8) is 0 Å². The van der Waals surface area contributed by atoms with E-state index in [1.807, 2.05) is 0 Å². The van der Waals surface area contributed by atoms with Crippen LogP contribution in [0.2, 0.25) is 0 Å². The number of rotatable bonds is 5. The summed E-state index contributed by atoms with van der Waals surface area (Å²) >= 11 is 0. The van der Waals surface area contributed by atoms with Crippen molar-refractivity contribution in [1.29, 1.82) is 0 Å². The van der Waals surface area contributed by atoms with Crippen LogP contribution in [0, 0.1) is 5.92 Å². The number of hydrogen-bond acceptors (Lipinski definition) is 2. The van der Waals surface area contributed by atoms with Crippen LogP contribution in [0.25, 0.3) is 0 Å². The standard InChI is InChI=1S/C7H15NO2S/c1-11(9,10)8-6-2-3-7-4-5-7/h7-8H,2-6H2,1H3. The van der Waals surface area contributed by atoms with Crippen molar-refractivity contribution in [3.8, 4) is 0 Å². The SMILES string of the molecule is CS(=O)(=O)NCCCC1CC1. The van der Waals surface area contributed by atoms with E-state index in [2.05, 4.69) is 4.72 Å². The second-order valence-corrected chi connectivity index (χ2v) is 5.09. The molecule has 1 N–H and O–H groups in total. The largest absolute Gasteiger partial charge is 0.215 e. The number of sulfonamides is 1. The predicted octanol–water partition coefficient (Wildman–Crippen LogP) is 0.726. The molecular formula is C7H15NO2S. The third-order valence-electron chi connectivity index (χ3n) is 1.85. The second-order valence-electron chi connectivity index (χ2n) is 3.25. The minimum Gasteiger partial charge on any atom is -0.215 e. The molecule has 0 aromatic carbocycles. The van der Waals surface area contributed by atoms with Gasteiger partial charge in [-0.15, -0.1) is 0 Å². The molecular weight excluding hydrogens is 162 g/mol. The Morgan fingerprint density at radius 1 is 1.45 bits per heavy atom. The molecule has 0 atom stereocenters. The molecule has 1 fully saturated rings. The molecule has 0 aliphatic heterocycles. The Morgan fingerprint density at radius 2 is 2.09 bits per heavy atom. The van der Waals surface area contributed by atoms with E-state index in [1.165, 1.54) is 25.5 Å². The van der Waals surface area contributed by atoms with Crippen LogP contribution in [0.15, 0.2) is 0 Å². The first-order chi connectivity index (χ1) is 5.08. The van der Waals surface area contributed by atoms with Crippen LogP contribution in [0.5, 0.6) is 0 Å². The van der Waals surface area contributed by atoms with Gasteiger partial charge in [-0.2, -0.15) is 0 Å². The molecule has 0 radical (unpaired) electrons. The van der Waals surface area contributed by atoms with Gasteiger partial charge in [0.15, 0.2) is 0 Å². The number of nitrogens with one attached hydrogen (secondary N) is 1. The minimum absolute atomic E-state index is 0.606. The molecule has 0 amide bonds. The van der Waals surface area contributed by atoms with Crippen molar-refractivity contribution in [1.82, 2.24) is 4.72 Å². The summed E-state index contributed by atoms with van der Waals surface area (Å²) in [7, 11) is -2.95. The van der Waals surface area contributed by atoms with Gasteiger partial charge >= 0.3 is 0 Å². The second kappa shape index (κ2) is 3.54. The summed E-state index contributed by atoms with van der Waals surface area (Å²) in [6.45, 7) is 0.606. The zero-order valence-electron chi connectivity index (χ0n) is 6.84. The van der Waals surface area contributed by atoms with Gasteiger partial charge in [-0.3, -0.25) is 0 Å². The van der Waals surface area contributed by atoms with Crippen LogP contribution in [0.4, 0.5) is 0 Å². The van der Waals surface area contributed by atoms with Gasteiger partial charge in [0.25, 0.3) is 0 Å². The lowest BCUT2D eigenvalue weighted by atomic mass is 10.2. The molecule has 1 rings (SSSR count). The highest BCUT2D eigenvalue weighted by Crippen LogP contribution is 2.33. The van der Waals surface area contributed by atoms with Gasteiger partial charge in [-0.05, 0) is 18.8 Å². The first kappa shape index (κ1) is 9.00. The fourth-order valence-corrected chi connectivity index (χ4v) is 1.57. The quantitative estimate of drug-likeness (QED) is 0.629. The molecule has 11 heavy (non-hydrogen) atoms. The lowest BCUT2D eigenvalue weighted by Gasteiger charge is -1.99. The molecule has 0 heterocycles. The third kappa shape index (κ3) is 5.21. The summed E-state index contributed by atoms with van der Waals surface area (Å²) in [6.07, 6.45) is 6.06. The van der Waals surface area contributed by atoms with Crippen LogP contribution in [0.3, 0.4) is 0 Å². The van der Waals surface area contributed by atoms with Gasteiger partial charge in [0, 0.05) is 6.54 Å². The Hall–Kier alpha value is -0.0900. The Kier molecular flexibility index (Phi) is 2.90. The van der Waals surface area contributed by atoms with E-state index in [4.69, 9.17) is 0 Å². The van der Waals surface area contributed by atoms with Gasteiger partial charge in [-0.25, -0.2) is 13.1 Å². The highest BCUT2D eigenvalue weighted by atomic mass is 32.2. The smallest absolute Gasteiger partial charge is 0.208 e. The van der Waals surface area contributed by atoms with Crippen molar-refractivity contribution < 1.29 is 8.42 Å². The first-order valence-corrected chi connectivity index (χ1v) is 5.92. The Bertz CT molecular complexity index is 206. The van der Waals surface area contributed by atoms with Crippen LogP contribution < -0.4 is 4.72 Å². The summed E-state index contributed by atoms with van der Waals surface area (Å²) in [5.41, 5.74) is 0. The molecule has 0 spiro atoms. The van der Waals surface area contributed by atoms with Gasteiger partial charge in [0.05, 0.1) is 6.26 Å². The van der Waals surface area contributed by atoms with Crippen LogP contribution in [-0.2, 0) is 10.0 Å². The van der Waals surface area contributed by atoms with E-state index >= 15 is 0 Å². The maximum Gasteiger partial charge on any atom is 0.208 e. The zero-order valence-corrected chi connectivity index (χ0v) is 7.65. The summed E-state index contributed by atoms with van der Waals surface area (Å²) in [4.78, 5) is 0. The lowest BCUT2D eigenvalue weighted by Crippen LogP contribution is -2.22. The summed E-state index contributed by atoms with van der Waals surface area (Å²) in [5, 5.41) is 0. The van der Waals surface area contributed by atoms with Crippen molar-refractivity contribution in [2.24, 2.45) is 5.92 Å². The molecule has 66 valence electrons. The van der Waals surface area contributed by atoms with Gasteiger partial charge in [-0.1, -0.05) is 12.8 Å². The normalized spacial score (nSPS) is 18.6. The summed E-state index contributed by atoms with van der Waals surface area (Å²) in [5.74, 6) is 0.899. The van der Waals surface area contributed by atoms with Crippen molar-refractivity contribution in [3.05, 3.63) is 0 Å². The molecule has 0 bridgehead atoms. The zero-order chi connectivity index (χ0) is 8.32. The molecule has 3 nitrogen and oxygen atoms in total. The predicted molar refractivity (Wildman–Crippen MR) is 44.8 cm³/mol. The van der Waals surface area contributed by atoms with Crippen LogP contribution >= 0.6 is 0 Å². The van der Waals surface area contributed by atoms with E-state index in [1.54, 1.807) is 0 Å². The number of hydrogen-bond donors (Lipinski definition) is 1. The highest BCUT2D eigenvalue weighted by Gasteiger charge is 2.20. The Morgan fingerprint density at radius 3 is 2.55 bits per heavy atom. The maximum atomic E-state index is 10.6. The van der Waals surface area contributed by atoms with E-state index in [9.17, 15) is 8.42 Å². The first-order valence-electron chi connectivity index (χ1n) is 4.02. The average Bonchev–Trinajstić information content (AvgIpc) is 2.60. The van der Waals surface area contributed by atoms with E-state index in [0.717, 1.165) is 12.3 Å². The molecule has 1 aliphatic carbocycles. The summed E-state index contributed by atoms with van der Waals surface area (Å²) in [6, 6.07) is 0. The monoisotopic (exact) mass is 177 g/mol. The maximum absolute atomic E-state index is 10.6. The average molecular weight is 177 g/mol. The highest BCUT2D eigenvalue weighted by molar-refractivity contribution is 7.88. The Balaban J connectivity index is 1.95. The molecule has 0 unspecified atom stereocenters. The van der Waals surface area contributed by atoms with Crippen molar-refractivity contribution in [2.75, 3.05) is 12.8 Å². The van der Waals surface area contributed by atoms with Crippen molar-refractivity contribution in [2.45, 2.75) is 25.7 Å². The molecule has 4 heteroatoms. The lowest BCUT2D eigenvalue weighted by molar-refractivity contribution is 0.578. The van der Waals surface area contributed by atoms with Gasteiger partial charge in [0.2, 0.25) is 10.0 Å². The molecule has 0 aromatic heterocycles. The fourth-order valence-electron chi connectivity index (χ4n) is 1.05.